The molecule has 2 heteroatoms. The van der Waals surface area contributed by atoms with E-state index >= 15 is 0 Å². The molecular weight excluding hydrogens is 174 g/mol. The minimum Gasteiger partial charge on any atom is -0.497 e. The van der Waals surface area contributed by atoms with Gasteiger partial charge in [0.05, 0.1) is 13.2 Å². The molecule has 2 nitrogen and oxygen atoms in total. The number of methoxy groups -OCH3 is 1. The van der Waals surface area contributed by atoms with E-state index in [0.717, 1.165) is 5.76 Å². The van der Waals surface area contributed by atoms with E-state index in [1.54, 1.807) is 7.11 Å². The van der Waals surface area contributed by atoms with Crippen molar-refractivity contribution in [2.24, 2.45) is 16.3 Å². The summed E-state index contributed by atoms with van der Waals surface area (Å²) in [6.07, 6.45) is 6.35. The van der Waals surface area contributed by atoms with Gasteiger partial charge in [-0.05, 0) is 19.1 Å². The highest BCUT2D eigenvalue weighted by Gasteiger charge is 2.42. The van der Waals surface area contributed by atoms with E-state index in [-0.39, 0.29) is 5.41 Å². The van der Waals surface area contributed by atoms with E-state index in [0.29, 0.717) is 12.0 Å². The lowest BCUT2D eigenvalue weighted by Gasteiger charge is -2.29. The highest BCUT2D eigenvalue weighted by Crippen LogP contribution is 2.42. The molecule has 0 radical (unpaired) electrons. The van der Waals surface area contributed by atoms with Gasteiger partial charge in [-0.2, -0.15) is 0 Å². The number of hydrogen-bond donors (Lipinski definition) is 0. The van der Waals surface area contributed by atoms with Gasteiger partial charge in [0.25, 0.3) is 0 Å². The normalized spacial score (nSPS) is 33.4. The Labute approximate surface area is 85.4 Å². The molecule has 0 N–H and O–H groups in total. The molecule has 0 spiro atoms. The second-order valence-corrected chi connectivity index (χ2v) is 4.58. The van der Waals surface area contributed by atoms with Crippen LogP contribution in [0.15, 0.2) is 29.0 Å². The van der Waals surface area contributed by atoms with Crippen LogP contribution in [-0.2, 0) is 4.74 Å². The molecule has 2 unspecified atom stereocenters. The van der Waals surface area contributed by atoms with Crippen molar-refractivity contribution in [1.29, 1.82) is 0 Å². The molecule has 1 heterocycles. The van der Waals surface area contributed by atoms with Gasteiger partial charge in [0.1, 0.15) is 5.76 Å². The van der Waals surface area contributed by atoms with Crippen molar-refractivity contribution in [3.8, 4) is 0 Å². The second kappa shape index (κ2) is 2.97. The zero-order valence-corrected chi connectivity index (χ0v) is 9.24. The smallest absolute Gasteiger partial charge is 0.115 e. The molecule has 0 aromatic heterocycles. The Kier molecular flexibility index (Phi) is 2.02. The topological polar surface area (TPSA) is 21.6 Å². The van der Waals surface area contributed by atoms with Crippen molar-refractivity contribution < 1.29 is 4.74 Å². The first-order valence-electron chi connectivity index (χ1n) is 5.04. The summed E-state index contributed by atoms with van der Waals surface area (Å²) < 4.78 is 5.25. The molecule has 0 aromatic rings. The Balaban J connectivity index is 2.34. The molecule has 0 amide bonds. The van der Waals surface area contributed by atoms with Gasteiger partial charge < -0.3 is 4.74 Å². The largest absolute Gasteiger partial charge is 0.497 e. The van der Waals surface area contributed by atoms with Crippen LogP contribution in [0.25, 0.3) is 0 Å². The van der Waals surface area contributed by atoms with Gasteiger partial charge in [-0.3, -0.25) is 4.99 Å². The maximum absolute atomic E-state index is 5.25. The minimum absolute atomic E-state index is 0.166. The van der Waals surface area contributed by atoms with E-state index in [9.17, 15) is 0 Å². The SMILES string of the molecule is COC1=CC2C(C=C1)N=C(C)C2(C)C. The number of aliphatic imine (C=N–C) groups is 1. The lowest BCUT2D eigenvalue weighted by Crippen LogP contribution is -2.30. The predicted octanol–water partition coefficient (Wildman–Crippen LogP) is 2.57. The van der Waals surface area contributed by atoms with Crippen LogP contribution in [0.1, 0.15) is 20.8 Å². The van der Waals surface area contributed by atoms with Gasteiger partial charge in [0, 0.05) is 17.0 Å². The molecule has 1 aliphatic carbocycles. The summed E-state index contributed by atoms with van der Waals surface area (Å²) in [4.78, 5) is 4.66. The van der Waals surface area contributed by atoms with Crippen molar-refractivity contribution in [3.05, 3.63) is 24.0 Å². The molecule has 14 heavy (non-hydrogen) atoms. The Morgan fingerprint density at radius 2 is 2.14 bits per heavy atom. The zero-order chi connectivity index (χ0) is 10.3. The summed E-state index contributed by atoms with van der Waals surface area (Å²) in [6, 6.07) is 0.323. The summed E-state index contributed by atoms with van der Waals surface area (Å²) >= 11 is 0. The first kappa shape index (κ1) is 9.50. The first-order chi connectivity index (χ1) is 6.55. The Bertz CT molecular complexity index is 336. The Morgan fingerprint density at radius 3 is 2.79 bits per heavy atom. The highest BCUT2D eigenvalue weighted by atomic mass is 16.5. The maximum Gasteiger partial charge on any atom is 0.115 e. The molecule has 0 aromatic carbocycles. The summed E-state index contributed by atoms with van der Waals surface area (Å²) in [6.45, 7) is 6.62. The van der Waals surface area contributed by atoms with Gasteiger partial charge in [-0.1, -0.05) is 19.9 Å². The van der Waals surface area contributed by atoms with Crippen molar-refractivity contribution in [2.45, 2.75) is 26.8 Å². The van der Waals surface area contributed by atoms with Crippen LogP contribution < -0.4 is 0 Å². The molecule has 2 rings (SSSR count). The van der Waals surface area contributed by atoms with E-state index in [4.69, 9.17) is 4.74 Å². The fourth-order valence-electron chi connectivity index (χ4n) is 2.17. The molecular formula is C12H17NO. The van der Waals surface area contributed by atoms with Gasteiger partial charge in [-0.15, -0.1) is 0 Å². The van der Waals surface area contributed by atoms with Crippen LogP contribution in [0.3, 0.4) is 0 Å². The maximum atomic E-state index is 5.25. The van der Waals surface area contributed by atoms with E-state index in [1.807, 2.05) is 6.08 Å². The van der Waals surface area contributed by atoms with Crippen molar-refractivity contribution in [2.75, 3.05) is 7.11 Å². The van der Waals surface area contributed by atoms with E-state index in [2.05, 4.69) is 37.9 Å². The number of rotatable bonds is 1. The van der Waals surface area contributed by atoms with E-state index < -0.39 is 0 Å². The van der Waals surface area contributed by atoms with Crippen LogP contribution >= 0.6 is 0 Å². The molecule has 2 atom stereocenters. The fourth-order valence-corrected chi connectivity index (χ4v) is 2.17. The Hall–Kier alpha value is -1.05. The van der Waals surface area contributed by atoms with Crippen LogP contribution in [0, 0.1) is 11.3 Å². The van der Waals surface area contributed by atoms with E-state index in [1.165, 1.54) is 5.71 Å². The van der Waals surface area contributed by atoms with Gasteiger partial charge in [0.2, 0.25) is 0 Å². The van der Waals surface area contributed by atoms with Crippen LogP contribution in [0.2, 0.25) is 0 Å². The molecule has 76 valence electrons. The number of fused-ring (bicyclic) bond motifs is 1. The highest BCUT2D eigenvalue weighted by molar-refractivity contribution is 5.90. The van der Waals surface area contributed by atoms with Gasteiger partial charge in [-0.25, -0.2) is 0 Å². The van der Waals surface area contributed by atoms with Gasteiger partial charge in [0.15, 0.2) is 0 Å². The van der Waals surface area contributed by atoms with Crippen LogP contribution in [0.4, 0.5) is 0 Å². The third-order valence-electron chi connectivity index (χ3n) is 3.51. The predicted molar refractivity (Wildman–Crippen MR) is 58.4 cm³/mol. The zero-order valence-electron chi connectivity index (χ0n) is 9.24. The van der Waals surface area contributed by atoms with Crippen LogP contribution in [0.5, 0.6) is 0 Å². The minimum atomic E-state index is 0.166. The molecule has 0 bridgehead atoms. The van der Waals surface area contributed by atoms with Crippen molar-refractivity contribution >= 4 is 5.71 Å². The summed E-state index contributed by atoms with van der Waals surface area (Å²) in [7, 11) is 1.71. The number of ether oxygens (including phenoxy) is 1. The quantitative estimate of drug-likeness (QED) is 0.624. The summed E-state index contributed by atoms with van der Waals surface area (Å²) in [5.74, 6) is 1.42. The van der Waals surface area contributed by atoms with Gasteiger partial charge >= 0.3 is 0 Å². The average molecular weight is 191 g/mol. The standard InChI is InChI=1S/C12H17NO/c1-8-12(2,3)10-7-9(14-4)5-6-11(10)13-8/h5-7,10-11H,1-4H3. The Morgan fingerprint density at radius 1 is 1.43 bits per heavy atom. The number of allylic oxidation sites excluding steroid dienone is 1. The number of nitrogens with zero attached hydrogens (tertiary/aromatic N) is 1. The van der Waals surface area contributed by atoms with Crippen LogP contribution in [-0.4, -0.2) is 18.9 Å². The lowest BCUT2D eigenvalue weighted by molar-refractivity contribution is 0.286. The van der Waals surface area contributed by atoms with Crippen molar-refractivity contribution in [1.82, 2.24) is 0 Å². The number of hydrogen-bond acceptors (Lipinski definition) is 2. The fraction of sp³-hybridized carbons (Fsp3) is 0.583. The summed E-state index contributed by atoms with van der Waals surface area (Å²) in [5, 5.41) is 0. The average Bonchev–Trinajstić information content (AvgIpc) is 2.38. The lowest BCUT2D eigenvalue weighted by atomic mass is 9.73. The monoisotopic (exact) mass is 191 g/mol. The van der Waals surface area contributed by atoms with Crippen molar-refractivity contribution in [3.63, 3.8) is 0 Å². The third kappa shape index (κ3) is 1.21. The molecule has 0 saturated carbocycles. The summed E-state index contributed by atoms with van der Waals surface area (Å²) in [5.41, 5.74) is 1.41. The molecule has 1 aliphatic heterocycles. The molecule has 0 saturated heterocycles. The third-order valence-corrected chi connectivity index (χ3v) is 3.51. The second-order valence-electron chi connectivity index (χ2n) is 4.58. The molecule has 2 aliphatic rings. The first-order valence-corrected chi connectivity index (χ1v) is 5.04. The molecule has 0 fully saturated rings.